The lowest BCUT2D eigenvalue weighted by Crippen LogP contribution is -2.54. The SMILES string of the molecule is CC(C)C[C@H](NC(=O)C1CCNCC1)C(=O)NC1CCCN/C1=C\[N+](=O)[O-]. The molecule has 9 heteroatoms. The Hall–Kier alpha value is -2.16. The van der Waals surface area contributed by atoms with E-state index < -0.39 is 17.0 Å². The Labute approximate surface area is 159 Å². The van der Waals surface area contributed by atoms with Crippen molar-refractivity contribution in [2.75, 3.05) is 19.6 Å². The zero-order chi connectivity index (χ0) is 19.8. The lowest BCUT2D eigenvalue weighted by Gasteiger charge is -2.30. The summed E-state index contributed by atoms with van der Waals surface area (Å²) >= 11 is 0. The molecule has 2 rings (SSSR count). The van der Waals surface area contributed by atoms with Gasteiger partial charge in [0.1, 0.15) is 11.7 Å². The van der Waals surface area contributed by atoms with E-state index in [2.05, 4.69) is 21.3 Å². The van der Waals surface area contributed by atoms with Gasteiger partial charge in [-0.25, -0.2) is 0 Å². The van der Waals surface area contributed by atoms with Gasteiger partial charge in [-0.1, -0.05) is 13.8 Å². The van der Waals surface area contributed by atoms with Crippen LogP contribution in [0.1, 0.15) is 46.0 Å². The average Bonchev–Trinajstić information content (AvgIpc) is 2.62. The Morgan fingerprint density at radius 3 is 2.59 bits per heavy atom. The lowest BCUT2D eigenvalue weighted by molar-refractivity contribution is -0.404. The third-order valence-corrected chi connectivity index (χ3v) is 4.99. The fraction of sp³-hybridized carbons (Fsp3) is 0.778. The minimum atomic E-state index is -0.633. The maximum absolute atomic E-state index is 12.8. The van der Waals surface area contributed by atoms with Crippen molar-refractivity contribution >= 4 is 11.8 Å². The molecular weight excluding hydrogens is 350 g/mol. The summed E-state index contributed by atoms with van der Waals surface area (Å²) in [6.07, 6.45) is 4.42. The third kappa shape index (κ3) is 6.82. The van der Waals surface area contributed by atoms with Crippen LogP contribution >= 0.6 is 0 Å². The van der Waals surface area contributed by atoms with E-state index in [0.717, 1.165) is 38.6 Å². The molecule has 2 atom stereocenters. The maximum Gasteiger partial charge on any atom is 0.255 e. The second-order valence-electron chi connectivity index (χ2n) is 7.71. The molecule has 2 saturated heterocycles. The van der Waals surface area contributed by atoms with Crippen LogP contribution in [-0.2, 0) is 9.59 Å². The van der Waals surface area contributed by atoms with E-state index in [1.165, 1.54) is 0 Å². The third-order valence-electron chi connectivity index (χ3n) is 4.99. The zero-order valence-electron chi connectivity index (χ0n) is 16.1. The molecule has 9 nitrogen and oxygen atoms in total. The number of hydrogen-bond donors (Lipinski definition) is 4. The molecule has 0 aromatic carbocycles. The van der Waals surface area contributed by atoms with E-state index in [9.17, 15) is 19.7 Å². The number of piperidine rings is 2. The number of amides is 2. The van der Waals surface area contributed by atoms with Gasteiger partial charge < -0.3 is 21.3 Å². The van der Waals surface area contributed by atoms with Crippen molar-refractivity contribution in [2.45, 2.75) is 58.0 Å². The molecule has 0 bridgehead atoms. The lowest BCUT2D eigenvalue weighted by atomic mass is 9.95. The summed E-state index contributed by atoms with van der Waals surface area (Å²) in [6, 6.07) is -1.06. The van der Waals surface area contributed by atoms with Gasteiger partial charge in [-0.05, 0) is 51.1 Å². The van der Waals surface area contributed by atoms with Gasteiger partial charge in [0, 0.05) is 12.5 Å². The molecule has 2 heterocycles. The van der Waals surface area contributed by atoms with Crippen molar-refractivity contribution in [3.05, 3.63) is 22.0 Å². The molecule has 0 spiro atoms. The number of carbonyl (C=O) groups is 2. The van der Waals surface area contributed by atoms with Gasteiger partial charge in [0.15, 0.2) is 0 Å². The predicted molar refractivity (Wildman–Crippen MR) is 101 cm³/mol. The highest BCUT2D eigenvalue weighted by Crippen LogP contribution is 2.15. The highest BCUT2D eigenvalue weighted by Gasteiger charge is 2.30. The minimum absolute atomic E-state index is 0.0741. The van der Waals surface area contributed by atoms with E-state index in [1.807, 2.05) is 13.8 Å². The van der Waals surface area contributed by atoms with Crippen LogP contribution < -0.4 is 21.3 Å². The summed E-state index contributed by atoms with van der Waals surface area (Å²) in [7, 11) is 0. The summed E-state index contributed by atoms with van der Waals surface area (Å²) in [5, 5.41) is 22.8. The summed E-state index contributed by atoms with van der Waals surface area (Å²) in [6.45, 7) is 6.26. The quantitative estimate of drug-likeness (QED) is 0.376. The highest BCUT2D eigenvalue weighted by molar-refractivity contribution is 5.88. The second-order valence-corrected chi connectivity index (χ2v) is 7.71. The van der Waals surface area contributed by atoms with Crippen molar-refractivity contribution in [1.29, 1.82) is 0 Å². The Morgan fingerprint density at radius 1 is 1.26 bits per heavy atom. The Bertz CT molecular complexity index is 572. The minimum Gasteiger partial charge on any atom is -0.382 e. The molecule has 1 unspecified atom stereocenters. The van der Waals surface area contributed by atoms with E-state index in [0.29, 0.717) is 25.1 Å². The Morgan fingerprint density at radius 2 is 1.96 bits per heavy atom. The van der Waals surface area contributed by atoms with Gasteiger partial charge in [0.25, 0.3) is 6.20 Å². The van der Waals surface area contributed by atoms with Crippen LogP contribution in [0.3, 0.4) is 0 Å². The number of nitrogens with zero attached hydrogens (tertiary/aromatic N) is 1. The fourth-order valence-electron chi connectivity index (χ4n) is 3.57. The first kappa shape index (κ1) is 21.1. The molecule has 0 aromatic heterocycles. The van der Waals surface area contributed by atoms with E-state index in [-0.39, 0.29) is 23.7 Å². The molecule has 2 aliphatic rings. The van der Waals surface area contributed by atoms with Gasteiger partial charge >= 0.3 is 0 Å². The second kappa shape index (κ2) is 10.2. The van der Waals surface area contributed by atoms with Crippen LogP contribution in [0.5, 0.6) is 0 Å². The maximum atomic E-state index is 12.8. The van der Waals surface area contributed by atoms with E-state index >= 15 is 0 Å². The van der Waals surface area contributed by atoms with Gasteiger partial charge in [-0.2, -0.15) is 0 Å². The summed E-state index contributed by atoms with van der Waals surface area (Å²) in [5.74, 6) is -0.212. The molecule has 0 radical (unpaired) electrons. The first-order valence-electron chi connectivity index (χ1n) is 9.77. The van der Waals surface area contributed by atoms with Crippen molar-refractivity contribution in [3.63, 3.8) is 0 Å². The van der Waals surface area contributed by atoms with Crippen molar-refractivity contribution < 1.29 is 14.5 Å². The molecule has 2 amide bonds. The number of hydrogen-bond acceptors (Lipinski definition) is 6. The first-order chi connectivity index (χ1) is 12.9. The monoisotopic (exact) mass is 381 g/mol. The predicted octanol–water partition coefficient (Wildman–Crippen LogP) is 0.503. The smallest absolute Gasteiger partial charge is 0.255 e. The first-order valence-corrected chi connectivity index (χ1v) is 9.77. The molecule has 2 fully saturated rings. The number of nitro groups is 1. The number of carbonyl (C=O) groups excluding carboxylic acids is 2. The van der Waals surface area contributed by atoms with Crippen molar-refractivity contribution in [1.82, 2.24) is 21.3 Å². The molecule has 0 saturated carbocycles. The molecule has 0 aliphatic carbocycles. The molecule has 0 aromatic rings. The van der Waals surface area contributed by atoms with Crippen LogP contribution in [-0.4, -0.2) is 48.5 Å². The van der Waals surface area contributed by atoms with Crippen LogP contribution in [0.25, 0.3) is 0 Å². The van der Waals surface area contributed by atoms with Gasteiger partial charge in [0.05, 0.1) is 11.0 Å². The molecule has 27 heavy (non-hydrogen) atoms. The number of rotatable bonds is 7. The topological polar surface area (TPSA) is 125 Å². The molecule has 4 N–H and O–H groups in total. The summed E-state index contributed by atoms with van der Waals surface area (Å²) < 4.78 is 0. The normalized spacial score (nSPS) is 23.5. The highest BCUT2D eigenvalue weighted by atomic mass is 16.6. The average molecular weight is 381 g/mol. The van der Waals surface area contributed by atoms with Gasteiger partial charge in [-0.3, -0.25) is 19.7 Å². The van der Waals surface area contributed by atoms with E-state index in [1.54, 1.807) is 0 Å². The van der Waals surface area contributed by atoms with Crippen LogP contribution in [0, 0.1) is 22.0 Å². The van der Waals surface area contributed by atoms with Crippen molar-refractivity contribution in [2.24, 2.45) is 11.8 Å². The van der Waals surface area contributed by atoms with Crippen LogP contribution in [0.2, 0.25) is 0 Å². The zero-order valence-corrected chi connectivity index (χ0v) is 16.1. The molecule has 2 aliphatic heterocycles. The van der Waals surface area contributed by atoms with E-state index in [4.69, 9.17) is 0 Å². The van der Waals surface area contributed by atoms with Gasteiger partial charge in [-0.15, -0.1) is 0 Å². The van der Waals surface area contributed by atoms with Crippen LogP contribution in [0.4, 0.5) is 0 Å². The number of nitrogens with one attached hydrogen (secondary N) is 4. The Kier molecular flexibility index (Phi) is 8.02. The van der Waals surface area contributed by atoms with Crippen molar-refractivity contribution in [3.8, 4) is 0 Å². The summed E-state index contributed by atoms with van der Waals surface area (Å²) in [4.78, 5) is 35.7. The molecular formula is C18H31N5O4. The van der Waals surface area contributed by atoms with Crippen LogP contribution in [0.15, 0.2) is 11.9 Å². The largest absolute Gasteiger partial charge is 0.382 e. The fourth-order valence-corrected chi connectivity index (χ4v) is 3.57. The molecule has 152 valence electrons. The van der Waals surface area contributed by atoms with Gasteiger partial charge in [0.2, 0.25) is 11.8 Å². The Balaban J connectivity index is 2.02. The summed E-state index contributed by atoms with van der Waals surface area (Å²) in [5.41, 5.74) is 0.410. The standard InChI is InChI=1S/C18H31N5O4/c1-12(2)10-15(22-17(24)13-5-8-19-9-6-13)18(25)21-14-4-3-7-20-16(14)11-23(26)27/h11-15,19-20H,3-10H2,1-2H3,(H,21,25)(H,22,24)/b16-11-/t14?,15-/m0/s1.